The number of hydrogen-bond acceptors (Lipinski definition) is 13. The van der Waals surface area contributed by atoms with Crippen molar-refractivity contribution in [1.29, 1.82) is 0 Å². The van der Waals surface area contributed by atoms with Gasteiger partial charge in [0.05, 0.1) is 64.3 Å². The van der Waals surface area contributed by atoms with Crippen LogP contribution in [-0.2, 0) is 79.6 Å². The highest BCUT2D eigenvalue weighted by molar-refractivity contribution is 7.97. The van der Waals surface area contributed by atoms with Crippen LogP contribution in [0.5, 0.6) is 0 Å². The first-order valence-electron chi connectivity index (χ1n) is 43.4. The van der Waals surface area contributed by atoms with Crippen molar-refractivity contribution < 1.29 is 95.8 Å². The highest BCUT2D eigenvalue weighted by Gasteiger charge is 2.67. The smallest absolute Gasteiger partial charge is 0.396 e. The number of carbonyl (C=O) groups excluding carboxylic acids is 5. The summed E-state index contributed by atoms with van der Waals surface area (Å²) in [6, 6.07) is 64.3. The second-order valence-electron chi connectivity index (χ2n) is 38.0. The maximum Gasteiger partial charge on any atom is 0.396 e. The van der Waals surface area contributed by atoms with Crippen LogP contribution < -0.4 is 0 Å². The lowest BCUT2D eigenvalue weighted by atomic mass is 9.44. The van der Waals surface area contributed by atoms with Crippen molar-refractivity contribution in [2.75, 3.05) is 26.4 Å². The standard InChI is InChI=1S/C43H58F4O8.2C18H15S.C17H24F4O5S/c1-2-42(44,45)43(46,47)24-54-36(50)40-17-31-9-32(18-40)20-41(19-31,21-40)37(51)55-33(35(49)53-23-39-14-28-6-29(15-39)8-30(7-28)16-39)10-34(48)52-22-38-11-25-3-26(12-38)5-27(4-25)13-38;2*1-4-10-16(11-5-1)19(17-12-6-2-7-13-17)18-14-8-3-9-15-18;18-16(19,17(20,21)27(23,24)25)3-1-2-4-26-14(22)15-8-11-5-12(9-15)7-13(6-11)10-15/h25-33H,2-24H2,1H3;2*1-15H;11-13H,1-10H2,(H,23,24,25)/q;2*+1;/p-1. The van der Waals surface area contributed by atoms with E-state index in [2.05, 4.69) is 182 Å². The van der Waals surface area contributed by atoms with E-state index in [1.807, 2.05) is 0 Å². The van der Waals surface area contributed by atoms with E-state index >= 15 is 0 Å². The predicted octanol–water partition coefficient (Wildman–Crippen LogP) is 21.9. The predicted molar refractivity (Wildman–Crippen MR) is 436 cm³/mol. The van der Waals surface area contributed by atoms with E-state index in [0.717, 1.165) is 90.4 Å². The molecule has 24 heteroatoms. The molecule has 0 saturated heterocycles. The fourth-order valence-electron chi connectivity index (χ4n) is 25.1. The second kappa shape index (κ2) is 35.8. The zero-order chi connectivity index (χ0) is 84.5. The van der Waals surface area contributed by atoms with Gasteiger partial charge in [0, 0.05) is 23.7 Å². The first-order valence-corrected chi connectivity index (χ1v) is 47.2. The van der Waals surface area contributed by atoms with E-state index < -0.39 is 112 Å². The summed E-state index contributed by atoms with van der Waals surface area (Å²) < 4.78 is 169. The topological polar surface area (TPSA) is 189 Å². The molecule has 16 fully saturated rings. The molecule has 16 bridgehead atoms. The number of ether oxygens (including phenoxy) is 5. The molecule has 16 saturated carbocycles. The van der Waals surface area contributed by atoms with Gasteiger partial charge in [-0.2, -0.15) is 35.1 Å². The molecule has 3 atom stereocenters. The van der Waals surface area contributed by atoms with Gasteiger partial charge >= 0.3 is 52.9 Å². The summed E-state index contributed by atoms with van der Waals surface area (Å²) in [6.07, 6.45) is 16.3. The zero-order valence-corrected chi connectivity index (χ0v) is 70.6. The van der Waals surface area contributed by atoms with Crippen LogP contribution in [-0.4, -0.2) is 98.4 Å². The highest BCUT2D eigenvalue weighted by atomic mass is 32.2. The number of alkyl halides is 8. The van der Waals surface area contributed by atoms with Crippen LogP contribution in [0.15, 0.2) is 211 Å². The molecule has 22 rings (SSSR count). The monoisotopic (exact) mass is 1720 g/mol. The molecule has 0 radical (unpaired) electrons. The van der Waals surface area contributed by atoms with E-state index in [1.54, 1.807) is 0 Å². The molecule has 6 aromatic carbocycles. The van der Waals surface area contributed by atoms with E-state index in [1.165, 1.54) is 67.9 Å². The van der Waals surface area contributed by atoms with Crippen LogP contribution in [0.1, 0.15) is 193 Å². The molecule has 13 nitrogen and oxygen atoms in total. The third kappa shape index (κ3) is 19.3. The Balaban J connectivity index is 0.000000142. The molecule has 0 N–H and O–H groups in total. The van der Waals surface area contributed by atoms with Crippen molar-refractivity contribution in [2.45, 2.75) is 252 Å². The van der Waals surface area contributed by atoms with Gasteiger partial charge in [0.15, 0.2) is 46.1 Å². The Kier molecular flexibility index (Phi) is 26.1. The van der Waals surface area contributed by atoms with E-state index in [0.29, 0.717) is 85.6 Å². The molecule has 0 aromatic heterocycles. The van der Waals surface area contributed by atoms with Crippen LogP contribution in [0.4, 0.5) is 35.1 Å². The SMILES string of the molecule is CCC(F)(F)C(F)(F)COC(=O)C12CC3CC(C1)CC(C(=O)OC(CC(=O)OCC14CC5CC(CC(C5)C1)C4)C(=O)OCC14CC5CC(CC(C5)C1)C4)(C3)C2.O=C(OCCCCC(F)(F)C(F)(F)S(=O)(=O)[O-])C12CC3CC(CC(C3)C1)C2.c1ccc([S+](c2ccccc2)c2ccccc2)cc1.c1ccc([S+](c2ccccc2)c2ccccc2)cc1. The Morgan fingerprint density at radius 3 is 1.04 bits per heavy atom. The first kappa shape index (κ1) is 87.6. The molecule has 16 aliphatic rings. The zero-order valence-electron chi connectivity index (χ0n) is 68.1. The average Bonchev–Trinajstić information content (AvgIpc) is 0.691. The molecule has 6 aromatic rings. The normalized spacial score (nSPS) is 30.9. The lowest BCUT2D eigenvalue weighted by Gasteiger charge is -2.59. The van der Waals surface area contributed by atoms with E-state index in [-0.39, 0.29) is 76.5 Å². The summed E-state index contributed by atoms with van der Waals surface area (Å²) in [5, 5.41) is -5.66. The van der Waals surface area contributed by atoms with Gasteiger partial charge in [0.1, 0.15) is 0 Å². The first-order chi connectivity index (χ1) is 57.3. The quantitative estimate of drug-likeness (QED) is 0.0113. The second-order valence-corrected chi connectivity index (χ2v) is 43.5. The summed E-state index contributed by atoms with van der Waals surface area (Å²) in [6.45, 7) is -0.479. The summed E-state index contributed by atoms with van der Waals surface area (Å²) >= 11 is 0. The molecule has 0 amide bonds. The van der Waals surface area contributed by atoms with E-state index in [9.17, 15) is 72.1 Å². The summed E-state index contributed by atoms with van der Waals surface area (Å²) in [7, 11) is -6.49. The van der Waals surface area contributed by atoms with Crippen LogP contribution >= 0.6 is 0 Å². The number of benzene rings is 6. The Bertz CT molecular complexity index is 4220. The fraction of sp³-hybridized carbons (Fsp3) is 0.573. The van der Waals surface area contributed by atoms with Gasteiger partial charge in [-0.25, -0.2) is 13.2 Å². The van der Waals surface area contributed by atoms with Crippen molar-refractivity contribution >= 4 is 61.8 Å². The Labute approximate surface area is 705 Å². The maximum absolute atomic E-state index is 14.4. The van der Waals surface area contributed by atoms with Gasteiger partial charge in [-0.05, 0) is 305 Å². The summed E-state index contributed by atoms with van der Waals surface area (Å²) in [5.41, 5.74) is -3.12. The van der Waals surface area contributed by atoms with Crippen LogP contribution in [0.2, 0.25) is 0 Å². The summed E-state index contributed by atoms with van der Waals surface area (Å²) in [4.78, 5) is 76.3. The largest absolute Gasteiger partial charge is 0.743 e. The van der Waals surface area contributed by atoms with Gasteiger partial charge < -0.3 is 28.2 Å². The van der Waals surface area contributed by atoms with Gasteiger partial charge in [0.2, 0.25) is 6.10 Å². The molecular weight excluding hydrogens is 1610 g/mol. The minimum Gasteiger partial charge on any atom is -0.743 e. The minimum absolute atomic E-state index is 0.0146. The van der Waals surface area contributed by atoms with Crippen molar-refractivity contribution in [3.05, 3.63) is 182 Å². The molecular formula is C96H111F8O13S3+. The molecule has 120 heavy (non-hydrogen) atoms. The van der Waals surface area contributed by atoms with Crippen molar-refractivity contribution in [3.8, 4) is 0 Å². The Hall–Kier alpha value is -7.28. The van der Waals surface area contributed by atoms with Crippen molar-refractivity contribution in [3.63, 3.8) is 0 Å². The van der Waals surface area contributed by atoms with Gasteiger partial charge in [-0.15, -0.1) is 0 Å². The maximum atomic E-state index is 14.4. The highest BCUT2D eigenvalue weighted by Crippen LogP contribution is 2.67. The Morgan fingerprint density at radius 1 is 0.392 bits per heavy atom. The van der Waals surface area contributed by atoms with E-state index in [4.69, 9.17) is 23.7 Å². The molecule has 0 heterocycles. The van der Waals surface area contributed by atoms with Gasteiger partial charge in [-0.3, -0.25) is 19.2 Å². The fourth-order valence-corrected chi connectivity index (χ4v) is 29.8. The lowest BCUT2D eigenvalue weighted by Crippen LogP contribution is -2.59. The molecule has 3 unspecified atom stereocenters. The molecule has 16 aliphatic carbocycles. The van der Waals surface area contributed by atoms with Gasteiger partial charge in [-0.1, -0.05) is 116 Å². The third-order valence-electron chi connectivity index (χ3n) is 28.7. The minimum atomic E-state index is -6.46. The number of esters is 5. The summed E-state index contributed by atoms with van der Waals surface area (Å²) in [5.74, 6) is -11.9. The molecule has 0 spiro atoms. The van der Waals surface area contributed by atoms with Crippen molar-refractivity contribution in [1.82, 2.24) is 0 Å². The van der Waals surface area contributed by atoms with Crippen molar-refractivity contribution in [2.24, 2.45) is 92.2 Å². The number of carbonyl (C=O) groups is 5. The van der Waals surface area contributed by atoms with Crippen LogP contribution in [0, 0.1) is 92.2 Å². The average molecular weight is 1720 g/mol. The molecule has 646 valence electrons. The number of unbranched alkanes of at least 4 members (excludes halogenated alkanes) is 1. The van der Waals surface area contributed by atoms with Gasteiger partial charge in [0.25, 0.3) is 0 Å². The number of hydrogen-bond donors (Lipinski definition) is 0. The Morgan fingerprint density at radius 2 is 0.700 bits per heavy atom. The van der Waals surface area contributed by atoms with Crippen LogP contribution in [0.25, 0.3) is 0 Å². The lowest BCUT2D eigenvalue weighted by molar-refractivity contribution is -0.239. The number of rotatable bonds is 28. The third-order valence-corrected chi connectivity index (χ3v) is 34.1. The number of halogens is 8. The molecule has 0 aliphatic heterocycles. The van der Waals surface area contributed by atoms with Crippen LogP contribution in [0.3, 0.4) is 0 Å².